The number of thioether (sulfide) groups is 1. The Hall–Kier alpha value is -2.91. The summed E-state index contributed by atoms with van der Waals surface area (Å²) in [5.74, 6) is -0.926. The van der Waals surface area contributed by atoms with Crippen molar-refractivity contribution in [3.05, 3.63) is 62.0 Å². The van der Waals surface area contributed by atoms with Gasteiger partial charge in [-0.05, 0) is 54.8 Å². The number of thiocarbonyl (C=S) groups is 1. The number of ether oxygens (including phenoxy) is 1. The van der Waals surface area contributed by atoms with Crippen LogP contribution in [0.15, 0.2) is 35.2 Å². The van der Waals surface area contributed by atoms with E-state index in [0.29, 0.717) is 20.5 Å². The van der Waals surface area contributed by atoms with E-state index in [-0.39, 0.29) is 11.7 Å². The molecule has 1 N–H and O–H groups in total. The van der Waals surface area contributed by atoms with Gasteiger partial charge in [-0.15, -0.1) is 0 Å². The number of phenolic OH excluding ortho intramolecular Hbond substituents is 1. The Morgan fingerprint density at radius 2 is 1.96 bits per heavy atom. The third-order valence-corrected chi connectivity index (χ3v) is 5.64. The number of nitro benzene ring substituents is 1. The Kier molecular flexibility index (Phi) is 5.39. The van der Waals surface area contributed by atoms with Crippen LogP contribution in [0.2, 0.25) is 0 Å². The van der Waals surface area contributed by atoms with Gasteiger partial charge in [0.15, 0.2) is 10.1 Å². The lowest BCUT2D eigenvalue weighted by molar-refractivity contribution is -0.386. The molecule has 0 aliphatic carbocycles. The van der Waals surface area contributed by atoms with Crippen LogP contribution in [-0.2, 0) is 4.79 Å². The number of anilines is 1. The molecule has 1 amide bonds. The van der Waals surface area contributed by atoms with Crippen LogP contribution < -0.4 is 9.64 Å². The number of aryl methyl sites for hydroxylation is 2. The fraction of sp³-hybridized carbons (Fsp3) is 0.158. The highest BCUT2D eigenvalue weighted by atomic mass is 32.2. The molecule has 1 aliphatic rings. The van der Waals surface area contributed by atoms with Crippen LogP contribution in [0.3, 0.4) is 0 Å². The van der Waals surface area contributed by atoms with Gasteiger partial charge in [-0.1, -0.05) is 30.0 Å². The lowest BCUT2D eigenvalue weighted by Crippen LogP contribution is -2.27. The summed E-state index contributed by atoms with van der Waals surface area (Å²) < 4.78 is 5.37. The van der Waals surface area contributed by atoms with Gasteiger partial charge in [-0.25, -0.2) is 0 Å². The molecule has 7 nitrogen and oxygen atoms in total. The zero-order chi connectivity index (χ0) is 20.6. The van der Waals surface area contributed by atoms with Crippen molar-refractivity contribution in [1.29, 1.82) is 0 Å². The zero-order valence-corrected chi connectivity index (χ0v) is 16.9. The van der Waals surface area contributed by atoms with Crippen molar-refractivity contribution in [3.63, 3.8) is 0 Å². The summed E-state index contributed by atoms with van der Waals surface area (Å²) in [6.07, 6.45) is 1.50. The van der Waals surface area contributed by atoms with Crippen LogP contribution >= 0.6 is 24.0 Å². The molecule has 1 aliphatic heterocycles. The van der Waals surface area contributed by atoms with Crippen LogP contribution in [-0.4, -0.2) is 27.4 Å². The molecule has 0 aromatic heterocycles. The lowest BCUT2D eigenvalue weighted by Gasteiger charge is -2.15. The van der Waals surface area contributed by atoms with Crippen molar-refractivity contribution in [3.8, 4) is 11.5 Å². The van der Waals surface area contributed by atoms with Crippen molar-refractivity contribution in [2.75, 3.05) is 12.0 Å². The smallest absolute Gasteiger partial charge is 0.315 e. The Morgan fingerprint density at radius 3 is 2.57 bits per heavy atom. The zero-order valence-electron chi connectivity index (χ0n) is 15.3. The number of amides is 1. The number of carbonyl (C=O) groups excluding carboxylic acids is 1. The highest BCUT2D eigenvalue weighted by molar-refractivity contribution is 8.27. The van der Waals surface area contributed by atoms with E-state index >= 15 is 0 Å². The van der Waals surface area contributed by atoms with E-state index in [2.05, 4.69) is 0 Å². The average Bonchev–Trinajstić information content (AvgIpc) is 2.92. The van der Waals surface area contributed by atoms with Gasteiger partial charge in [0.2, 0.25) is 5.75 Å². The number of nitrogens with zero attached hydrogens (tertiary/aromatic N) is 2. The Labute approximate surface area is 170 Å². The molecule has 0 unspecified atom stereocenters. The summed E-state index contributed by atoms with van der Waals surface area (Å²) in [6, 6.07) is 8.23. The van der Waals surface area contributed by atoms with Crippen LogP contribution in [0.5, 0.6) is 11.5 Å². The third-order valence-electron chi connectivity index (χ3n) is 4.33. The monoisotopic (exact) mass is 416 g/mol. The average molecular weight is 416 g/mol. The van der Waals surface area contributed by atoms with Crippen LogP contribution in [0, 0.1) is 24.0 Å². The minimum absolute atomic E-state index is 0.0508. The summed E-state index contributed by atoms with van der Waals surface area (Å²) in [5.41, 5.74) is 2.66. The van der Waals surface area contributed by atoms with E-state index in [9.17, 15) is 20.0 Å². The lowest BCUT2D eigenvalue weighted by atomic mass is 10.1. The molecule has 28 heavy (non-hydrogen) atoms. The Balaban J connectivity index is 2.01. The molecule has 1 heterocycles. The van der Waals surface area contributed by atoms with E-state index in [1.165, 1.54) is 30.2 Å². The maximum atomic E-state index is 12.9. The summed E-state index contributed by atoms with van der Waals surface area (Å²) in [4.78, 5) is 25.1. The molecule has 1 fully saturated rings. The van der Waals surface area contributed by atoms with Gasteiger partial charge in [0, 0.05) is 6.07 Å². The largest absolute Gasteiger partial charge is 0.500 e. The van der Waals surface area contributed by atoms with Gasteiger partial charge in [0.1, 0.15) is 0 Å². The molecular weight excluding hydrogens is 400 g/mol. The van der Waals surface area contributed by atoms with E-state index in [4.69, 9.17) is 17.0 Å². The van der Waals surface area contributed by atoms with E-state index in [0.717, 1.165) is 22.9 Å². The van der Waals surface area contributed by atoms with E-state index in [1.54, 1.807) is 0 Å². The molecule has 9 heteroatoms. The third kappa shape index (κ3) is 3.58. The normalized spacial score (nSPS) is 15.4. The quantitative estimate of drug-likeness (QED) is 0.343. The van der Waals surface area contributed by atoms with E-state index in [1.807, 2.05) is 32.0 Å². The first-order valence-electron chi connectivity index (χ1n) is 8.13. The minimum atomic E-state index is -0.713. The second-order valence-corrected chi connectivity index (χ2v) is 7.81. The van der Waals surface area contributed by atoms with Gasteiger partial charge in [0.25, 0.3) is 5.91 Å². The molecule has 0 saturated carbocycles. The SMILES string of the molecule is COc1cc(C=C2SC(=S)N(c3ccc(C)c(C)c3)C2=O)cc([N+](=O)[O-])c1O. The first kappa shape index (κ1) is 19.8. The number of carbonyl (C=O) groups is 1. The Bertz CT molecular complexity index is 1050. The molecule has 3 rings (SSSR count). The van der Waals surface area contributed by atoms with Crippen molar-refractivity contribution in [1.82, 2.24) is 0 Å². The van der Waals surface area contributed by atoms with Gasteiger partial charge < -0.3 is 9.84 Å². The number of hydrogen-bond acceptors (Lipinski definition) is 7. The molecule has 0 radical (unpaired) electrons. The fourth-order valence-electron chi connectivity index (χ4n) is 2.70. The maximum absolute atomic E-state index is 12.9. The summed E-state index contributed by atoms with van der Waals surface area (Å²) in [7, 11) is 1.29. The van der Waals surface area contributed by atoms with Gasteiger partial charge >= 0.3 is 5.69 Å². The standard InChI is InChI=1S/C19H16N2O5S2/c1-10-4-5-13(6-11(10)2)20-18(23)16(28-19(20)27)9-12-7-14(21(24)25)17(22)15(8-12)26-3/h4-9,22H,1-3H3. The van der Waals surface area contributed by atoms with Gasteiger partial charge in [0.05, 0.1) is 22.6 Å². The van der Waals surface area contributed by atoms with Crippen molar-refractivity contribution >= 4 is 51.7 Å². The summed E-state index contributed by atoms with van der Waals surface area (Å²) in [6.45, 7) is 3.93. The minimum Gasteiger partial charge on any atom is -0.500 e. The van der Waals surface area contributed by atoms with Crippen molar-refractivity contribution < 1.29 is 19.6 Å². The van der Waals surface area contributed by atoms with Crippen molar-refractivity contribution in [2.24, 2.45) is 0 Å². The van der Waals surface area contributed by atoms with Crippen LogP contribution in [0.4, 0.5) is 11.4 Å². The Morgan fingerprint density at radius 1 is 1.25 bits per heavy atom. The maximum Gasteiger partial charge on any atom is 0.315 e. The van der Waals surface area contributed by atoms with Gasteiger partial charge in [-0.3, -0.25) is 19.8 Å². The number of rotatable bonds is 4. The van der Waals surface area contributed by atoms with Crippen LogP contribution in [0.25, 0.3) is 6.08 Å². The molecule has 1 saturated heterocycles. The molecule has 144 valence electrons. The molecule has 0 spiro atoms. The fourth-order valence-corrected chi connectivity index (χ4v) is 4.00. The number of nitro groups is 1. The number of benzene rings is 2. The first-order valence-corrected chi connectivity index (χ1v) is 9.36. The number of phenols is 1. The summed E-state index contributed by atoms with van der Waals surface area (Å²) >= 11 is 6.47. The number of methoxy groups -OCH3 is 1. The summed E-state index contributed by atoms with van der Waals surface area (Å²) in [5, 5.41) is 21.0. The number of hydrogen-bond donors (Lipinski definition) is 1. The highest BCUT2D eigenvalue weighted by Gasteiger charge is 2.33. The number of aromatic hydroxyl groups is 1. The first-order chi connectivity index (χ1) is 13.2. The molecule has 0 bridgehead atoms. The van der Waals surface area contributed by atoms with Crippen LogP contribution in [0.1, 0.15) is 16.7 Å². The predicted molar refractivity (Wildman–Crippen MR) is 113 cm³/mol. The molecular formula is C19H16N2O5S2. The molecule has 2 aromatic carbocycles. The van der Waals surface area contributed by atoms with Crippen molar-refractivity contribution in [2.45, 2.75) is 13.8 Å². The second kappa shape index (κ2) is 7.61. The highest BCUT2D eigenvalue weighted by Crippen LogP contribution is 2.40. The molecule has 2 aromatic rings. The predicted octanol–water partition coefficient (Wildman–Crippen LogP) is 4.33. The topological polar surface area (TPSA) is 92.9 Å². The second-order valence-electron chi connectivity index (χ2n) is 6.13. The van der Waals surface area contributed by atoms with Gasteiger partial charge in [-0.2, -0.15) is 0 Å². The van der Waals surface area contributed by atoms with E-state index < -0.39 is 16.4 Å². The molecule has 0 atom stereocenters.